The van der Waals surface area contributed by atoms with Crippen molar-refractivity contribution in [1.29, 1.82) is 0 Å². The van der Waals surface area contributed by atoms with E-state index in [0.717, 1.165) is 66.3 Å². The Kier molecular flexibility index (Phi) is 8.18. The monoisotopic (exact) mass is 516 g/mol. The van der Waals surface area contributed by atoms with Crippen molar-refractivity contribution in [1.82, 2.24) is 10.2 Å². The third kappa shape index (κ3) is 5.87. The van der Waals surface area contributed by atoms with Crippen LogP contribution in [0.5, 0.6) is 5.75 Å². The van der Waals surface area contributed by atoms with E-state index in [1.54, 1.807) is 11.8 Å². The van der Waals surface area contributed by atoms with Gasteiger partial charge >= 0.3 is 0 Å². The Bertz CT molecular complexity index is 1330. The van der Waals surface area contributed by atoms with Gasteiger partial charge in [-0.25, -0.2) is 4.99 Å². The van der Waals surface area contributed by atoms with Gasteiger partial charge in [0.25, 0.3) is 5.91 Å². The molecule has 3 aromatic rings. The normalized spacial score (nSPS) is 17.4. The number of carbonyl (C=O) groups excluding carboxylic acids is 1. The molecular weight excluding hydrogens is 484 g/mol. The molecular formula is C29H32N4O3S. The summed E-state index contributed by atoms with van der Waals surface area (Å²) in [5, 5.41) is 4.86. The highest BCUT2D eigenvalue weighted by Crippen LogP contribution is 2.44. The van der Waals surface area contributed by atoms with Crippen LogP contribution in [0.3, 0.4) is 0 Å². The lowest BCUT2D eigenvalue weighted by atomic mass is 10.0. The molecule has 0 aromatic heterocycles. The fourth-order valence-electron chi connectivity index (χ4n) is 4.70. The molecule has 1 N–H and O–H groups in total. The lowest BCUT2D eigenvalue weighted by Gasteiger charge is -2.26. The number of carbonyl (C=O) groups is 1. The molecule has 1 atom stereocenters. The molecule has 2 aliphatic rings. The first kappa shape index (κ1) is 25.4. The average Bonchev–Trinajstić information content (AvgIpc) is 3.31. The number of hydrogen-bond acceptors (Lipinski definition) is 7. The Morgan fingerprint density at radius 3 is 2.78 bits per heavy atom. The van der Waals surface area contributed by atoms with Gasteiger partial charge in [-0.15, -0.1) is 11.8 Å². The lowest BCUT2D eigenvalue weighted by molar-refractivity contribution is 0.0357. The zero-order valence-electron chi connectivity index (χ0n) is 21.3. The Morgan fingerprint density at radius 1 is 1.22 bits per heavy atom. The minimum atomic E-state index is -0.254. The van der Waals surface area contributed by atoms with Gasteiger partial charge in [0.2, 0.25) is 0 Å². The molecule has 0 radical (unpaired) electrons. The topological polar surface area (TPSA) is 75.5 Å². The van der Waals surface area contributed by atoms with Crippen molar-refractivity contribution in [2.75, 3.05) is 45.7 Å². The summed E-state index contributed by atoms with van der Waals surface area (Å²) in [5.74, 6) is 0.632. The molecule has 192 valence electrons. The number of benzene rings is 3. The van der Waals surface area contributed by atoms with Crippen LogP contribution >= 0.6 is 11.8 Å². The first-order valence-corrected chi connectivity index (χ1v) is 13.9. The summed E-state index contributed by atoms with van der Waals surface area (Å²) in [6.07, 6.45) is 6.32. The molecule has 7 nitrogen and oxygen atoms in total. The predicted molar refractivity (Wildman–Crippen MR) is 152 cm³/mol. The van der Waals surface area contributed by atoms with Crippen LogP contribution in [0.15, 0.2) is 63.4 Å². The Morgan fingerprint density at radius 2 is 2.00 bits per heavy atom. The number of morpholine rings is 1. The number of fused-ring (bicyclic) bond motifs is 2. The SMILES string of the molecule is CSc1c(N=CNC(=O)c2cc3ccccc3cc2OCCCN2CCOCC2)ccc2c1N=CC2C. The molecule has 2 aliphatic heterocycles. The standard InChI is InChI=1S/C29H32N4O3S/c1-20-18-30-27-23(20)8-9-25(28(27)37-2)31-19-32-29(34)24-16-21-6-3-4-7-22(21)17-26(24)36-13-5-10-33-11-14-35-15-12-33/h3-4,6-9,16-20H,5,10-15H2,1-2H3,(H,31,32,34). The number of hydrogen-bond donors (Lipinski definition) is 1. The van der Waals surface area contributed by atoms with Gasteiger partial charge in [0.15, 0.2) is 0 Å². The zero-order valence-corrected chi connectivity index (χ0v) is 22.1. The van der Waals surface area contributed by atoms with Crippen molar-refractivity contribution in [3.63, 3.8) is 0 Å². The van der Waals surface area contributed by atoms with Gasteiger partial charge in [-0.1, -0.05) is 37.3 Å². The summed E-state index contributed by atoms with van der Waals surface area (Å²) >= 11 is 1.61. The van der Waals surface area contributed by atoms with E-state index >= 15 is 0 Å². The molecule has 5 rings (SSSR count). The fourth-order valence-corrected chi connectivity index (χ4v) is 5.39. The average molecular weight is 517 g/mol. The Hall–Kier alpha value is -3.20. The summed E-state index contributed by atoms with van der Waals surface area (Å²) in [6, 6.07) is 15.9. The molecule has 1 fully saturated rings. The predicted octanol–water partition coefficient (Wildman–Crippen LogP) is 5.57. The number of amides is 1. The van der Waals surface area contributed by atoms with Crippen molar-refractivity contribution in [3.05, 3.63) is 59.7 Å². The molecule has 0 bridgehead atoms. The molecule has 8 heteroatoms. The van der Waals surface area contributed by atoms with Gasteiger partial charge in [0.05, 0.1) is 48.0 Å². The van der Waals surface area contributed by atoms with Crippen LogP contribution in [0.4, 0.5) is 11.4 Å². The van der Waals surface area contributed by atoms with Gasteiger partial charge in [0, 0.05) is 31.8 Å². The van der Waals surface area contributed by atoms with Crippen LogP contribution in [0.2, 0.25) is 0 Å². The lowest BCUT2D eigenvalue weighted by Crippen LogP contribution is -2.37. The summed E-state index contributed by atoms with van der Waals surface area (Å²) in [6.45, 7) is 7.10. The van der Waals surface area contributed by atoms with E-state index in [1.165, 1.54) is 11.9 Å². The first-order valence-electron chi connectivity index (χ1n) is 12.7. The summed E-state index contributed by atoms with van der Waals surface area (Å²) in [7, 11) is 0. The van der Waals surface area contributed by atoms with Gasteiger partial charge in [0.1, 0.15) is 5.75 Å². The molecule has 1 amide bonds. The van der Waals surface area contributed by atoms with Crippen molar-refractivity contribution >= 4 is 52.4 Å². The van der Waals surface area contributed by atoms with Gasteiger partial charge in [-0.05, 0) is 47.2 Å². The summed E-state index contributed by atoms with van der Waals surface area (Å²) in [5.41, 5.74) is 3.46. The minimum Gasteiger partial charge on any atom is -0.493 e. The minimum absolute atomic E-state index is 0.254. The first-order chi connectivity index (χ1) is 18.1. The second-order valence-electron chi connectivity index (χ2n) is 9.21. The molecule has 1 saturated heterocycles. The zero-order chi connectivity index (χ0) is 25.6. The fraction of sp³-hybridized carbons (Fsp3) is 0.345. The van der Waals surface area contributed by atoms with E-state index in [9.17, 15) is 4.79 Å². The second-order valence-corrected chi connectivity index (χ2v) is 10.0. The number of ether oxygens (including phenoxy) is 2. The molecule has 2 heterocycles. The Labute approximate surface area is 222 Å². The third-order valence-electron chi connectivity index (χ3n) is 6.74. The van der Waals surface area contributed by atoms with Gasteiger partial charge < -0.3 is 14.8 Å². The van der Waals surface area contributed by atoms with Crippen LogP contribution in [-0.2, 0) is 4.74 Å². The number of aliphatic imine (C=N–C) groups is 2. The smallest absolute Gasteiger partial charge is 0.260 e. The maximum atomic E-state index is 13.2. The number of thioether (sulfide) groups is 1. The quantitative estimate of drug-likeness (QED) is 0.174. The highest BCUT2D eigenvalue weighted by Gasteiger charge is 2.20. The molecule has 37 heavy (non-hydrogen) atoms. The van der Waals surface area contributed by atoms with Crippen LogP contribution < -0.4 is 10.1 Å². The number of rotatable bonds is 9. The van der Waals surface area contributed by atoms with E-state index in [-0.39, 0.29) is 5.91 Å². The maximum absolute atomic E-state index is 13.2. The van der Waals surface area contributed by atoms with Gasteiger partial charge in [-0.2, -0.15) is 0 Å². The van der Waals surface area contributed by atoms with Crippen LogP contribution in [-0.4, -0.2) is 69.1 Å². The van der Waals surface area contributed by atoms with E-state index < -0.39 is 0 Å². The van der Waals surface area contributed by atoms with E-state index in [1.807, 2.05) is 54.9 Å². The molecule has 0 saturated carbocycles. The third-order valence-corrected chi connectivity index (χ3v) is 7.55. The van der Waals surface area contributed by atoms with Crippen LogP contribution in [0, 0.1) is 0 Å². The largest absolute Gasteiger partial charge is 0.493 e. The van der Waals surface area contributed by atoms with E-state index in [4.69, 9.17) is 9.47 Å². The van der Waals surface area contributed by atoms with Gasteiger partial charge in [-0.3, -0.25) is 14.7 Å². The van der Waals surface area contributed by atoms with Crippen LogP contribution in [0.1, 0.15) is 35.2 Å². The van der Waals surface area contributed by atoms with E-state index in [0.29, 0.717) is 23.8 Å². The Balaban J connectivity index is 1.29. The van der Waals surface area contributed by atoms with Crippen molar-refractivity contribution in [3.8, 4) is 5.75 Å². The highest BCUT2D eigenvalue weighted by molar-refractivity contribution is 7.99. The summed E-state index contributed by atoms with van der Waals surface area (Å²) < 4.78 is 11.6. The number of nitrogens with zero attached hydrogens (tertiary/aromatic N) is 3. The van der Waals surface area contributed by atoms with Crippen molar-refractivity contribution in [2.45, 2.75) is 24.2 Å². The molecule has 0 spiro atoms. The maximum Gasteiger partial charge on any atom is 0.260 e. The summed E-state index contributed by atoms with van der Waals surface area (Å²) in [4.78, 5) is 25.8. The van der Waals surface area contributed by atoms with Crippen molar-refractivity contribution < 1.29 is 14.3 Å². The van der Waals surface area contributed by atoms with Crippen molar-refractivity contribution in [2.24, 2.45) is 9.98 Å². The van der Waals surface area contributed by atoms with Crippen LogP contribution in [0.25, 0.3) is 10.8 Å². The second kappa shape index (κ2) is 11.9. The molecule has 1 unspecified atom stereocenters. The number of nitrogens with one attached hydrogen (secondary N) is 1. The highest BCUT2D eigenvalue weighted by atomic mass is 32.2. The molecule has 0 aliphatic carbocycles. The van der Waals surface area contributed by atoms with E-state index in [2.05, 4.69) is 33.2 Å². The molecule has 3 aromatic carbocycles.